The lowest BCUT2D eigenvalue weighted by Crippen LogP contribution is -2.29. The molecule has 0 spiro atoms. The second-order valence-corrected chi connectivity index (χ2v) is 7.22. The summed E-state index contributed by atoms with van der Waals surface area (Å²) in [6, 6.07) is 22.6. The molecule has 0 bridgehead atoms. The first-order valence-corrected chi connectivity index (χ1v) is 10.1. The summed E-state index contributed by atoms with van der Waals surface area (Å²) in [5, 5.41) is 0.0375. The van der Waals surface area contributed by atoms with Crippen molar-refractivity contribution in [1.29, 1.82) is 0 Å². The molecule has 0 saturated heterocycles. The molecule has 0 N–H and O–H groups in total. The van der Waals surface area contributed by atoms with Gasteiger partial charge in [-0.1, -0.05) is 29.8 Å². The first kappa shape index (κ1) is 21.3. The molecule has 4 rings (SSSR count). The number of methoxy groups -OCH3 is 2. The number of para-hydroxylation sites is 1. The van der Waals surface area contributed by atoms with Gasteiger partial charge < -0.3 is 9.47 Å². The first-order chi connectivity index (χ1) is 15.5. The van der Waals surface area contributed by atoms with Crippen molar-refractivity contribution in [3.63, 3.8) is 0 Å². The third kappa shape index (κ3) is 4.00. The lowest BCUT2D eigenvalue weighted by molar-refractivity contribution is 0.103. The third-order valence-electron chi connectivity index (χ3n) is 4.98. The molecule has 32 heavy (non-hydrogen) atoms. The van der Waals surface area contributed by atoms with Crippen LogP contribution < -0.4 is 15.0 Å². The molecule has 0 fully saturated rings. The normalized spacial score (nSPS) is 10.6. The second-order valence-electron chi connectivity index (χ2n) is 6.86. The number of carbonyl (C=O) groups is 1. The minimum absolute atomic E-state index is 0.0375. The van der Waals surface area contributed by atoms with Crippen LogP contribution >= 0.6 is 11.6 Å². The minimum atomic E-state index is -0.563. The van der Waals surface area contributed by atoms with Crippen molar-refractivity contribution in [2.45, 2.75) is 0 Å². The van der Waals surface area contributed by atoms with Gasteiger partial charge in [-0.3, -0.25) is 14.2 Å². The fourth-order valence-corrected chi connectivity index (χ4v) is 3.62. The fourth-order valence-electron chi connectivity index (χ4n) is 3.35. The summed E-state index contributed by atoms with van der Waals surface area (Å²) < 4.78 is 11.8. The van der Waals surface area contributed by atoms with Crippen LogP contribution in [0.5, 0.6) is 11.5 Å². The van der Waals surface area contributed by atoms with Gasteiger partial charge in [0.2, 0.25) is 5.78 Å². The van der Waals surface area contributed by atoms with Crippen LogP contribution in [-0.4, -0.2) is 29.6 Å². The second kappa shape index (κ2) is 9.08. The van der Waals surface area contributed by atoms with Gasteiger partial charge in [-0.05, 0) is 60.7 Å². The van der Waals surface area contributed by atoms with Crippen LogP contribution in [0, 0.1) is 0 Å². The largest absolute Gasteiger partial charge is 0.497 e. The first-order valence-electron chi connectivity index (χ1n) is 9.74. The highest BCUT2D eigenvalue weighted by atomic mass is 35.5. The number of hydrogen-bond acceptors (Lipinski definition) is 5. The zero-order valence-corrected chi connectivity index (χ0v) is 18.2. The van der Waals surface area contributed by atoms with Gasteiger partial charge in [0.1, 0.15) is 11.5 Å². The quantitative estimate of drug-likeness (QED) is 0.398. The summed E-state index contributed by atoms with van der Waals surface area (Å²) in [4.78, 5) is 30.9. The number of benzene rings is 3. The Morgan fingerprint density at radius 3 is 1.97 bits per heavy atom. The highest BCUT2D eigenvalue weighted by Gasteiger charge is 2.23. The van der Waals surface area contributed by atoms with E-state index in [1.165, 1.54) is 11.7 Å². The summed E-state index contributed by atoms with van der Waals surface area (Å²) in [7, 11) is 3.11. The molecular weight excluding hydrogens is 428 g/mol. The monoisotopic (exact) mass is 446 g/mol. The molecule has 0 amide bonds. The number of aromatic nitrogens is 2. The van der Waals surface area contributed by atoms with E-state index in [0.717, 1.165) is 0 Å². The Hall–Kier alpha value is -3.90. The fraction of sp³-hybridized carbons (Fsp3) is 0.0800. The van der Waals surface area contributed by atoms with Crippen molar-refractivity contribution in [2.24, 2.45) is 0 Å². The molecule has 0 aliphatic rings. The summed E-state index contributed by atoms with van der Waals surface area (Å²) in [5.74, 6) is 0.743. The number of ether oxygens (including phenoxy) is 2. The number of carbonyl (C=O) groups excluding carboxylic acids is 1. The third-order valence-corrected chi connectivity index (χ3v) is 5.24. The van der Waals surface area contributed by atoms with Crippen LogP contribution in [0.1, 0.15) is 16.1 Å². The van der Waals surface area contributed by atoms with Crippen molar-refractivity contribution < 1.29 is 14.3 Å². The van der Waals surface area contributed by atoms with Crippen molar-refractivity contribution in [3.8, 4) is 28.4 Å². The molecule has 0 saturated carbocycles. The van der Waals surface area contributed by atoms with Gasteiger partial charge in [-0.15, -0.1) is 0 Å². The van der Waals surface area contributed by atoms with Crippen molar-refractivity contribution >= 4 is 17.4 Å². The van der Waals surface area contributed by atoms with Crippen LogP contribution in [0.2, 0.25) is 5.15 Å². The van der Waals surface area contributed by atoms with E-state index in [0.29, 0.717) is 34.0 Å². The Balaban J connectivity index is 1.93. The molecule has 0 atom stereocenters. The van der Waals surface area contributed by atoms with Crippen molar-refractivity contribution in [2.75, 3.05) is 14.2 Å². The topological polar surface area (TPSA) is 70.4 Å². The van der Waals surface area contributed by atoms with Gasteiger partial charge in [0.05, 0.1) is 19.9 Å². The maximum Gasteiger partial charge on any atom is 0.285 e. The molecular formula is C25H19ClN2O4. The van der Waals surface area contributed by atoms with Crippen LogP contribution in [0.25, 0.3) is 16.9 Å². The number of ketones is 1. The maximum absolute atomic E-state index is 13.5. The smallest absolute Gasteiger partial charge is 0.285 e. The maximum atomic E-state index is 13.5. The molecule has 1 aromatic heterocycles. The molecule has 1 heterocycles. The predicted octanol–water partition coefficient (Wildman–Crippen LogP) is 4.80. The van der Waals surface area contributed by atoms with Crippen LogP contribution in [-0.2, 0) is 0 Å². The molecule has 7 heteroatoms. The Kier molecular flexibility index (Phi) is 6.05. The van der Waals surface area contributed by atoms with Crippen LogP contribution in [0.3, 0.4) is 0 Å². The van der Waals surface area contributed by atoms with E-state index in [1.807, 2.05) is 6.07 Å². The highest BCUT2D eigenvalue weighted by Crippen LogP contribution is 2.29. The Morgan fingerprint density at radius 2 is 1.41 bits per heavy atom. The van der Waals surface area contributed by atoms with E-state index in [1.54, 1.807) is 79.9 Å². The van der Waals surface area contributed by atoms with Gasteiger partial charge in [-0.25, -0.2) is 4.98 Å². The molecule has 0 aliphatic heterocycles. The number of halogens is 1. The lowest BCUT2D eigenvalue weighted by Gasteiger charge is -2.16. The summed E-state index contributed by atoms with van der Waals surface area (Å²) in [5.41, 5.74) is 1.10. The molecule has 6 nitrogen and oxygen atoms in total. The Morgan fingerprint density at radius 1 is 0.844 bits per heavy atom. The Bertz CT molecular complexity index is 1320. The molecule has 4 aromatic rings. The van der Waals surface area contributed by atoms with Gasteiger partial charge >= 0.3 is 0 Å². The average molecular weight is 447 g/mol. The Labute approximate surface area is 189 Å². The minimum Gasteiger partial charge on any atom is -0.497 e. The molecule has 0 radical (unpaired) electrons. The standard InChI is InChI=1S/C25H19ClN2O4/c1-31-19-12-8-16(9-13-19)22-24(26)27-21(23(29)17-10-14-20(32-2)15-11-17)25(30)28(22)18-6-4-3-5-7-18/h3-15H,1-2H3. The SMILES string of the molecule is COc1ccc(C(=O)c2nc(Cl)c(-c3ccc(OC)cc3)n(-c3ccccc3)c2=O)cc1. The zero-order valence-electron chi connectivity index (χ0n) is 17.4. The van der Waals surface area contributed by atoms with E-state index in [9.17, 15) is 9.59 Å². The number of hydrogen-bond donors (Lipinski definition) is 0. The van der Waals surface area contributed by atoms with Gasteiger partial charge in [0.15, 0.2) is 10.8 Å². The number of nitrogens with zero attached hydrogens (tertiary/aromatic N) is 2. The molecule has 3 aromatic carbocycles. The summed E-state index contributed by atoms with van der Waals surface area (Å²) in [6.07, 6.45) is 0. The molecule has 0 unspecified atom stereocenters. The van der Waals surface area contributed by atoms with E-state index >= 15 is 0 Å². The average Bonchev–Trinajstić information content (AvgIpc) is 2.85. The van der Waals surface area contributed by atoms with E-state index in [-0.39, 0.29) is 10.8 Å². The van der Waals surface area contributed by atoms with E-state index < -0.39 is 11.3 Å². The van der Waals surface area contributed by atoms with Crippen LogP contribution in [0.4, 0.5) is 0 Å². The van der Waals surface area contributed by atoms with Gasteiger partial charge in [0, 0.05) is 16.8 Å². The number of rotatable bonds is 6. The zero-order chi connectivity index (χ0) is 22.7. The lowest BCUT2D eigenvalue weighted by atomic mass is 10.1. The molecule has 0 aliphatic carbocycles. The van der Waals surface area contributed by atoms with E-state index in [4.69, 9.17) is 21.1 Å². The van der Waals surface area contributed by atoms with Gasteiger partial charge in [0.25, 0.3) is 5.56 Å². The van der Waals surface area contributed by atoms with Gasteiger partial charge in [-0.2, -0.15) is 0 Å². The van der Waals surface area contributed by atoms with Crippen molar-refractivity contribution in [1.82, 2.24) is 9.55 Å². The highest BCUT2D eigenvalue weighted by molar-refractivity contribution is 6.32. The van der Waals surface area contributed by atoms with Crippen molar-refractivity contribution in [3.05, 3.63) is 106 Å². The summed E-state index contributed by atoms with van der Waals surface area (Å²) >= 11 is 6.57. The summed E-state index contributed by atoms with van der Waals surface area (Å²) in [6.45, 7) is 0. The molecule has 160 valence electrons. The van der Waals surface area contributed by atoms with E-state index in [2.05, 4.69) is 4.98 Å². The predicted molar refractivity (Wildman–Crippen MR) is 123 cm³/mol. The van der Waals surface area contributed by atoms with Crippen LogP contribution in [0.15, 0.2) is 83.7 Å².